The van der Waals surface area contributed by atoms with Crippen LogP contribution in [0.2, 0.25) is 0 Å². The van der Waals surface area contributed by atoms with Crippen molar-refractivity contribution in [3.8, 4) is 0 Å². The number of benzene rings is 2. The third kappa shape index (κ3) is 3.51. The second-order valence-electron chi connectivity index (χ2n) is 10.3. The lowest BCUT2D eigenvalue weighted by molar-refractivity contribution is -0.136. The lowest BCUT2D eigenvalue weighted by Crippen LogP contribution is -2.54. The number of nitrogens with one attached hydrogen (secondary N) is 1. The van der Waals surface area contributed by atoms with Crippen LogP contribution in [0.15, 0.2) is 42.5 Å². The summed E-state index contributed by atoms with van der Waals surface area (Å²) in [6.45, 7) is 2.54. The van der Waals surface area contributed by atoms with E-state index in [1.807, 2.05) is 6.07 Å². The highest BCUT2D eigenvalue weighted by Crippen LogP contribution is 2.50. The minimum atomic E-state index is -0.943. The van der Waals surface area contributed by atoms with Crippen LogP contribution in [0, 0.1) is 5.41 Å². The topological polar surface area (TPSA) is 113 Å². The van der Waals surface area contributed by atoms with Crippen molar-refractivity contribution < 1.29 is 19.2 Å². The molecule has 8 heteroatoms. The minimum absolute atomic E-state index is 0.0720. The van der Waals surface area contributed by atoms with Gasteiger partial charge in [0.2, 0.25) is 11.8 Å². The predicted molar refractivity (Wildman–Crippen MR) is 127 cm³/mol. The average molecular weight is 473 g/mol. The van der Waals surface area contributed by atoms with E-state index in [0.717, 1.165) is 42.8 Å². The SMILES string of the molecule is NC1c2ccccc2CC12CCN(Cc1ccc3c(c1)C(=O)N(C1CCC(=O)NC1=O)C3=O)CC2. The first-order valence-corrected chi connectivity index (χ1v) is 12.3. The van der Waals surface area contributed by atoms with Crippen LogP contribution < -0.4 is 11.1 Å². The van der Waals surface area contributed by atoms with Crippen LogP contribution in [-0.2, 0) is 22.6 Å². The van der Waals surface area contributed by atoms with Gasteiger partial charge in [-0.3, -0.25) is 34.3 Å². The fourth-order valence-corrected chi connectivity index (χ4v) is 6.34. The molecule has 8 nitrogen and oxygen atoms in total. The van der Waals surface area contributed by atoms with Crippen LogP contribution in [-0.4, -0.2) is 52.6 Å². The number of carbonyl (C=O) groups is 4. The summed E-state index contributed by atoms with van der Waals surface area (Å²) in [5.41, 5.74) is 11.1. The Kier molecular flexibility index (Phi) is 5.12. The normalized spacial score (nSPS) is 25.7. The van der Waals surface area contributed by atoms with Gasteiger partial charge < -0.3 is 5.73 Å². The number of piperidine rings is 2. The Bertz CT molecular complexity index is 1260. The van der Waals surface area contributed by atoms with Gasteiger partial charge in [-0.1, -0.05) is 30.3 Å². The first-order chi connectivity index (χ1) is 16.9. The molecule has 0 saturated carbocycles. The molecule has 3 heterocycles. The highest BCUT2D eigenvalue weighted by Gasteiger charge is 2.46. The maximum absolute atomic E-state index is 13.1. The molecule has 3 N–H and O–H groups in total. The number of rotatable bonds is 3. The van der Waals surface area contributed by atoms with Crippen LogP contribution >= 0.6 is 0 Å². The zero-order valence-corrected chi connectivity index (χ0v) is 19.5. The van der Waals surface area contributed by atoms with Crippen LogP contribution in [0.3, 0.4) is 0 Å². The molecule has 6 rings (SSSR count). The molecule has 2 aromatic rings. The first-order valence-electron chi connectivity index (χ1n) is 12.3. The molecule has 35 heavy (non-hydrogen) atoms. The molecular weight excluding hydrogens is 444 g/mol. The van der Waals surface area contributed by atoms with Crippen molar-refractivity contribution in [1.82, 2.24) is 15.1 Å². The van der Waals surface area contributed by atoms with Crippen molar-refractivity contribution in [2.75, 3.05) is 13.1 Å². The molecule has 180 valence electrons. The second kappa shape index (κ2) is 8.10. The molecule has 0 aromatic heterocycles. The summed E-state index contributed by atoms with van der Waals surface area (Å²) in [6.07, 6.45) is 3.34. The maximum atomic E-state index is 13.1. The summed E-state index contributed by atoms with van der Waals surface area (Å²) in [5, 5.41) is 2.23. The summed E-state index contributed by atoms with van der Waals surface area (Å²) < 4.78 is 0. The van der Waals surface area contributed by atoms with Crippen LogP contribution in [0.4, 0.5) is 0 Å². The van der Waals surface area contributed by atoms with E-state index < -0.39 is 23.8 Å². The fourth-order valence-electron chi connectivity index (χ4n) is 6.34. The number of imide groups is 2. The van der Waals surface area contributed by atoms with Crippen molar-refractivity contribution in [3.05, 3.63) is 70.3 Å². The van der Waals surface area contributed by atoms with Gasteiger partial charge in [-0.15, -0.1) is 0 Å². The quantitative estimate of drug-likeness (QED) is 0.660. The van der Waals surface area contributed by atoms with E-state index in [9.17, 15) is 19.2 Å². The van der Waals surface area contributed by atoms with E-state index in [1.54, 1.807) is 12.1 Å². The van der Waals surface area contributed by atoms with Gasteiger partial charge in [-0.25, -0.2) is 0 Å². The first kappa shape index (κ1) is 22.1. The van der Waals surface area contributed by atoms with E-state index >= 15 is 0 Å². The number of likely N-dealkylation sites (tertiary alicyclic amines) is 1. The van der Waals surface area contributed by atoms with E-state index in [4.69, 9.17) is 5.73 Å². The van der Waals surface area contributed by atoms with Gasteiger partial charge in [0.15, 0.2) is 0 Å². The van der Waals surface area contributed by atoms with Crippen LogP contribution in [0.25, 0.3) is 0 Å². The minimum Gasteiger partial charge on any atom is -0.323 e. The van der Waals surface area contributed by atoms with Crippen molar-refractivity contribution in [1.29, 1.82) is 0 Å². The molecule has 2 fully saturated rings. The Balaban J connectivity index is 1.14. The van der Waals surface area contributed by atoms with Gasteiger partial charge in [0, 0.05) is 19.0 Å². The van der Waals surface area contributed by atoms with E-state index in [0.29, 0.717) is 17.7 Å². The van der Waals surface area contributed by atoms with Gasteiger partial charge in [0.05, 0.1) is 11.1 Å². The Hall–Kier alpha value is -3.36. The standard InChI is InChI=1S/C27H28N4O4/c28-23-18-4-2-1-3-17(18)14-27(23)9-11-30(12-10-27)15-16-5-6-19-20(13-16)26(35)31(25(19)34)21-7-8-22(32)29-24(21)33/h1-6,13,21,23H,7-12,14-15,28H2,(H,29,32,33). The molecule has 2 aromatic carbocycles. The summed E-state index contributed by atoms with van der Waals surface area (Å²) in [5.74, 6) is -1.91. The monoisotopic (exact) mass is 472 g/mol. The lowest BCUT2D eigenvalue weighted by Gasteiger charge is -2.42. The molecule has 4 aliphatic rings. The van der Waals surface area contributed by atoms with Crippen molar-refractivity contribution in [2.24, 2.45) is 11.1 Å². The predicted octanol–water partition coefficient (Wildman–Crippen LogP) is 1.93. The Morgan fingerprint density at radius 3 is 2.46 bits per heavy atom. The van der Waals surface area contributed by atoms with Crippen molar-refractivity contribution in [2.45, 2.75) is 50.7 Å². The van der Waals surface area contributed by atoms with Gasteiger partial charge in [-0.05, 0) is 73.0 Å². The lowest BCUT2D eigenvalue weighted by atomic mass is 9.73. The number of hydrogen-bond acceptors (Lipinski definition) is 6. The molecular formula is C27H28N4O4. The fraction of sp³-hybridized carbons (Fsp3) is 0.407. The van der Waals surface area contributed by atoms with E-state index in [-0.39, 0.29) is 30.2 Å². The largest absolute Gasteiger partial charge is 0.323 e. The molecule has 1 spiro atoms. The molecule has 0 bridgehead atoms. The van der Waals surface area contributed by atoms with Crippen molar-refractivity contribution >= 4 is 23.6 Å². The average Bonchev–Trinajstić information content (AvgIpc) is 3.26. The third-order valence-corrected chi connectivity index (χ3v) is 8.35. The zero-order chi connectivity index (χ0) is 24.3. The maximum Gasteiger partial charge on any atom is 0.262 e. The number of fused-ring (bicyclic) bond motifs is 2. The van der Waals surface area contributed by atoms with Crippen LogP contribution in [0.5, 0.6) is 0 Å². The molecule has 2 unspecified atom stereocenters. The van der Waals surface area contributed by atoms with E-state index in [1.165, 1.54) is 11.1 Å². The molecule has 3 aliphatic heterocycles. The summed E-state index contributed by atoms with van der Waals surface area (Å²) >= 11 is 0. The smallest absolute Gasteiger partial charge is 0.262 e. The highest BCUT2D eigenvalue weighted by atomic mass is 16.2. The summed E-state index contributed by atoms with van der Waals surface area (Å²) in [6, 6.07) is 13.0. The summed E-state index contributed by atoms with van der Waals surface area (Å²) in [7, 11) is 0. The zero-order valence-electron chi connectivity index (χ0n) is 19.5. The molecule has 2 saturated heterocycles. The Labute approximate surface area is 203 Å². The van der Waals surface area contributed by atoms with Crippen molar-refractivity contribution in [3.63, 3.8) is 0 Å². The second-order valence-corrected chi connectivity index (χ2v) is 10.3. The Morgan fingerprint density at radius 1 is 0.971 bits per heavy atom. The molecule has 4 amide bonds. The number of nitrogens with two attached hydrogens (primary N) is 1. The van der Waals surface area contributed by atoms with Gasteiger partial charge in [0.1, 0.15) is 6.04 Å². The molecule has 0 radical (unpaired) electrons. The summed E-state index contributed by atoms with van der Waals surface area (Å²) in [4.78, 5) is 53.2. The van der Waals surface area contributed by atoms with Gasteiger partial charge >= 0.3 is 0 Å². The number of hydrogen-bond donors (Lipinski definition) is 2. The van der Waals surface area contributed by atoms with Gasteiger partial charge in [-0.2, -0.15) is 0 Å². The number of amides is 4. The highest BCUT2D eigenvalue weighted by molar-refractivity contribution is 6.23. The third-order valence-electron chi connectivity index (χ3n) is 8.35. The van der Waals surface area contributed by atoms with Gasteiger partial charge in [0.25, 0.3) is 11.8 Å². The van der Waals surface area contributed by atoms with Crippen LogP contribution in [0.1, 0.15) is 69.1 Å². The number of nitrogens with zero attached hydrogens (tertiary/aromatic N) is 2. The Morgan fingerprint density at radius 2 is 1.71 bits per heavy atom. The number of carbonyl (C=O) groups excluding carboxylic acids is 4. The van der Waals surface area contributed by atoms with E-state index in [2.05, 4.69) is 34.5 Å². The molecule has 1 aliphatic carbocycles. The molecule has 2 atom stereocenters.